The molecule has 7 nitrogen and oxygen atoms in total. The summed E-state index contributed by atoms with van der Waals surface area (Å²) in [4.78, 5) is 27.4. The highest BCUT2D eigenvalue weighted by atomic mass is 32.2. The van der Waals surface area contributed by atoms with Gasteiger partial charge in [0.25, 0.3) is 5.56 Å². The molecule has 4 rings (SSSR count). The molecule has 0 fully saturated rings. The van der Waals surface area contributed by atoms with Crippen molar-refractivity contribution in [3.8, 4) is 0 Å². The van der Waals surface area contributed by atoms with Crippen LogP contribution in [0, 0.1) is 5.92 Å². The number of hydrogen-bond donors (Lipinski definition) is 0. The summed E-state index contributed by atoms with van der Waals surface area (Å²) in [5.74, 6) is 2.32. The number of hydrogen-bond acceptors (Lipinski definition) is 8. The lowest BCUT2D eigenvalue weighted by atomic mass is 9.97. The van der Waals surface area contributed by atoms with Gasteiger partial charge < -0.3 is 9.42 Å². The number of thioether (sulfide) groups is 1. The number of thiophene rings is 1. The fraction of sp³-hybridized carbons (Fsp3) is 0.636. The van der Waals surface area contributed by atoms with Crippen LogP contribution >= 0.6 is 23.1 Å². The Kier molecular flexibility index (Phi) is 7.13. The van der Waals surface area contributed by atoms with Crippen LogP contribution in [0.3, 0.4) is 0 Å². The molecule has 1 aliphatic rings. The predicted octanol–water partition coefficient (Wildman–Crippen LogP) is 4.16. The summed E-state index contributed by atoms with van der Waals surface area (Å²) in [6, 6.07) is 0. The maximum atomic E-state index is 13.5. The summed E-state index contributed by atoms with van der Waals surface area (Å²) in [6.45, 7) is 5.86. The predicted molar refractivity (Wildman–Crippen MR) is 126 cm³/mol. The van der Waals surface area contributed by atoms with E-state index in [2.05, 4.69) is 43.0 Å². The van der Waals surface area contributed by atoms with Crippen molar-refractivity contribution in [3.63, 3.8) is 0 Å². The molecule has 0 aromatic carbocycles. The first kappa shape index (κ1) is 22.5. The van der Waals surface area contributed by atoms with Gasteiger partial charge in [0.15, 0.2) is 11.0 Å². The minimum atomic E-state index is 0.108. The molecule has 0 unspecified atom stereocenters. The van der Waals surface area contributed by atoms with Gasteiger partial charge in [0.1, 0.15) is 4.83 Å². The second-order valence-electron chi connectivity index (χ2n) is 8.89. The molecule has 0 N–H and O–H groups in total. The molecule has 0 saturated carbocycles. The second-order valence-corrected chi connectivity index (χ2v) is 10.9. The van der Waals surface area contributed by atoms with Crippen LogP contribution < -0.4 is 5.56 Å². The highest BCUT2D eigenvalue weighted by molar-refractivity contribution is 7.98. The summed E-state index contributed by atoms with van der Waals surface area (Å²) >= 11 is 3.22. The van der Waals surface area contributed by atoms with Crippen LogP contribution in [0.4, 0.5) is 0 Å². The Morgan fingerprint density at radius 3 is 2.81 bits per heavy atom. The minimum Gasteiger partial charge on any atom is -0.338 e. The Hall–Kier alpha value is -1.71. The Labute approximate surface area is 191 Å². The van der Waals surface area contributed by atoms with Crippen molar-refractivity contribution in [2.24, 2.45) is 5.92 Å². The largest absolute Gasteiger partial charge is 0.338 e. The third kappa shape index (κ3) is 5.21. The van der Waals surface area contributed by atoms with Crippen molar-refractivity contribution in [1.29, 1.82) is 0 Å². The Morgan fingerprint density at radius 2 is 2.03 bits per heavy atom. The number of aryl methyl sites for hydroxylation is 2. The SMILES string of the molecule is CC(C)Cc1noc(CSc2nc3sc4c(c3c(=O)n2CCCN(C)C)CCCC4)n1. The Balaban J connectivity index is 1.63. The van der Waals surface area contributed by atoms with Gasteiger partial charge in [-0.3, -0.25) is 9.36 Å². The number of nitrogens with zero attached hydrogens (tertiary/aromatic N) is 5. The molecule has 0 amide bonds. The van der Waals surface area contributed by atoms with E-state index in [1.54, 1.807) is 11.3 Å². The molecule has 31 heavy (non-hydrogen) atoms. The molecule has 0 saturated heterocycles. The van der Waals surface area contributed by atoms with E-state index in [4.69, 9.17) is 9.51 Å². The maximum absolute atomic E-state index is 13.5. The zero-order valence-electron chi connectivity index (χ0n) is 18.8. The molecule has 0 radical (unpaired) electrons. The van der Waals surface area contributed by atoms with Crippen molar-refractivity contribution >= 4 is 33.3 Å². The Bertz CT molecular complexity index is 1100. The highest BCUT2D eigenvalue weighted by Crippen LogP contribution is 2.35. The van der Waals surface area contributed by atoms with Crippen LogP contribution in [0.2, 0.25) is 0 Å². The molecule has 0 aliphatic heterocycles. The Morgan fingerprint density at radius 1 is 1.23 bits per heavy atom. The van der Waals surface area contributed by atoms with E-state index in [1.807, 2.05) is 4.57 Å². The summed E-state index contributed by atoms with van der Waals surface area (Å²) in [7, 11) is 4.11. The van der Waals surface area contributed by atoms with Crippen molar-refractivity contribution in [3.05, 3.63) is 32.5 Å². The molecular weight excluding hydrogens is 430 g/mol. The van der Waals surface area contributed by atoms with E-state index in [1.165, 1.54) is 28.6 Å². The zero-order valence-corrected chi connectivity index (χ0v) is 20.4. The standard InChI is InChI=1S/C22H31N5O2S2/c1-14(2)12-17-23-18(29-25-17)13-30-22-24-20-19(15-8-5-6-9-16(15)31-20)21(28)27(22)11-7-10-26(3)4/h14H,5-13H2,1-4H3. The zero-order chi connectivity index (χ0) is 22.0. The van der Waals surface area contributed by atoms with E-state index in [0.29, 0.717) is 24.1 Å². The van der Waals surface area contributed by atoms with Gasteiger partial charge in [0.05, 0.1) is 11.1 Å². The van der Waals surface area contributed by atoms with Crippen LogP contribution in [0.15, 0.2) is 14.5 Å². The number of aromatic nitrogens is 4. The quantitative estimate of drug-likeness (QED) is 0.350. The van der Waals surface area contributed by atoms with E-state index in [-0.39, 0.29) is 5.56 Å². The molecule has 1 aliphatic carbocycles. The van der Waals surface area contributed by atoms with Gasteiger partial charge in [0.2, 0.25) is 5.89 Å². The van der Waals surface area contributed by atoms with Crippen molar-refractivity contribution in [1.82, 2.24) is 24.6 Å². The first-order valence-corrected chi connectivity index (χ1v) is 12.9. The number of rotatable bonds is 9. The smallest absolute Gasteiger partial charge is 0.263 e. The summed E-state index contributed by atoms with van der Waals surface area (Å²) < 4.78 is 7.29. The lowest BCUT2D eigenvalue weighted by Crippen LogP contribution is -2.25. The first-order chi connectivity index (χ1) is 14.9. The topological polar surface area (TPSA) is 77.0 Å². The van der Waals surface area contributed by atoms with Gasteiger partial charge in [-0.2, -0.15) is 4.98 Å². The van der Waals surface area contributed by atoms with Gasteiger partial charge in [-0.15, -0.1) is 11.3 Å². The van der Waals surface area contributed by atoms with Crippen molar-refractivity contribution in [2.45, 2.75) is 69.8 Å². The van der Waals surface area contributed by atoms with E-state index >= 15 is 0 Å². The molecule has 9 heteroatoms. The highest BCUT2D eigenvalue weighted by Gasteiger charge is 2.22. The van der Waals surface area contributed by atoms with E-state index in [9.17, 15) is 4.79 Å². The van der Waals surface area contributed by atoms with Gasteiger partial charge >= 0.3 is 0 Å². The fourth-order valence-corrected chi connectivity index (χ4v) is 6.16. The van der Waals surface area contributed by atoms with Crippen molar-refractivity contribution in [2.75, 3.05) is 20.6 Å². The second kappa shape index (κ2) is 9.83. The number of fused-ring (bicyclic) bond motifs is 3. The molecule has 168 valence electrons. The average molecular weight is 462 g/mol. The molecule has 0 bridgehead atoms. The van der Waals surface area contributed by atoms with E-state index < -0.39 is 0 Å². The van der Waals surface area contributed by atoms with Gasteiger partial charge in [-0.1, -0.05) is 30.8 Å². The summed E-state index contributed by atoms with van der Waals surface area (Å²) in [5.41, 5.74) is 1.36. The van der Waals surface area contributed by atoms with Gasteiger partial charge in [0, 0.05) is 17.8 Å². The molecule has 0 atom stereocenters. The molecule has 3 aromatic rings. The van der Waals surface area contributed by atoms with Crippen LogP contribution in [0.25, 0.3) is 10.2 Å². The maximum Gasteiger partial charge on any atom is 0.263 e. The van der Waals surface area contributed by atoms with Crippen LogP contribution in [-0.4, -0.2) is 45.2 Å². The fourth-order valence-electron chi connectivity index (χ4n) is 4.00. The summed E-state index contributed by atoms with van der Waals surface area (Å²) in [6.07, 6.45) is 6.13. The third-order valence-corrected chi connectivity index (χ3v) is 7.60. The first-order valence-electron chi connectivity index (χ1n) is 11.1. The van der Waals surface area contributed by atoms with Crippen LogP contribution in [0.1, 0.15) is 55.3 Å². The lowest BCUT2D eigenvalue weighted by Gasteiger charge is -2.14. The minimum absolute atomic E-state index is 0.108. The molecule has 3 aromatic heterocycles. The lowest BCUT2D eigenvalue weighted by molar-refractivity contribution is 0.378. The molecular formula is C22H31N5O2S2. The summed E-state index contributed by atoms with van der Waals surface area (Å²) in [5, 5.41) is 5.68. The van der Waals surface area contributed by atoms with Crippen LogP contribution in [-0.2, 0) is 31.6 Å². The molecule has 0 spiro atoms. The van der Waals surface area contributed by atoms with Crippen molar-refractivity contribution < 1.29 is 4.52 Å². The van der Waals surface area contributed by atoms with Crippen LogP contribution in [0.5, 0.6) is 0 Å². The average Bonchev–Trinajstić information content (AvgIpc) is 3.31. The molecule has 3 heterocycles. The van der Waals surface area contributed by atoms with E-state index in [0.717, 1.165) is 59.8 Å². The third-order valence-electron chi connectivity index (χ3n) is 5.45. The monoisotopic (exact) mass is 461 g/mol. The van der Waals surface area contributed by atoms with Gasteiger partial charge in [-0.05, 0) is 64.2 Å². The normalized spacial score (nSPS) is 14.1. The van der Waals surface area contributed by atoms with Gasteiger partial charge in [-0.25, -0.2) is 4.98 Å².